The lowest BCUT2D eigenvalue weighted by atomic mass is 9.93. The summed E-state index contributed by atoms with van der Waals surface area (Å²) in [7, 11) is -14.8. The minimum Gasteiger partial charge on any atom is -0.221 e. The molecule has 2 atom stereocenters. The Labute approximate surface area is 222 Å². The van der Waals surface area contributed by atoms with Gasteiger partial charge in [0.1, 0.15) is 10.7 Å². The Morgan fingerprint density at radius 2 is 1.44 bits per heavy atom. The van der Waals surface area contributed by atoms with E-state index in [-0.39, 0.29) is 18.4 Å². The van der Waals surface area contributed by atoms with E-state index in [1.807, 2.05) is 0 Å². The smallest absolute Gasteiger partial charge is 0.221 e. The van der Waals surface area contributed by atoms with Crippen molar-refractivity contribution in [3.05, 3.63) is 60.4 Å². The van der Waals surface area contributed by atoms with Gasteiger partial charge >= 0.3 is 15.5 Å². The van der Waals surface area contributed by atoms with Gasteiger partial charge in [-0.1, -0.05) is 30.3 Å². The van der Waals surface area contributed by atoms with Crippen molar-refractivity contribution in [3.8, 4) is 0 Å². The topological polar surface area (TPSA) is 123 Å². The third-order valence-corrected chi connectivity index (χ3v) is 12.2. The van der Waals surface area contributed by atoms with E-state index in [4.69, 9.17) is 0 Å². The maximum atomic E-state index is 14.6. The number of rotatable bonds is 7. The van der Waals surface area contributed by atoms with Crippen molar-refractivity contribution in [2.24, 2.45) is 5.92 Å². The Bertz CT molecular complexity index is 1740. The lowest BCUT2D eigenvalue weighted by Gasteiger charge is -2.38. The highest BCUT2D eigenvalue weighted by atomic mass is 32.2. The number of aromatic nitrogens is 1. The van der Waals surface area contributed by atoms with E-state index in [0.29, 0.717) is 22.2 Å². The lowest BCUT2D eigenvalue weighted by Crippen LogP contribution is -2.49. The van der Waals surface area contributed by atoms with E-state index in [2.05, 4.69) is 0 Å². The fraction of sp³-hybridized carbons (Fsp3) is 0.391. The molecule has 39 heavy (non-hydrogen) atoms. The standard InChI is InChI=1S/C23H23F4N3O6S3/c24-19-6-2-4-8-21(19)37(31,32)30-20-7-3-1-5-16(20)13-22(30)38(33,34)29-17-9-10-18(29)12-15(11-17)14-28-39(35,36)23(25,26)27/h1-8,13,15,17-18,28H,9-12,14H2. The second kappa shape index (κ2) is 9.54. The maximum Gasteiger partial charge on any atom is 0.511 e. The number of para-hydroxylation sites is 1. The summed E-state index contributed by atoms with van der Waals surface area (Å²) < 4.78 is 134. The molecule has 16 heteroatoms. The average Bonchev–Trinajstić information content (AvgIpc) is 3.39. The fourth-order valence-electron chi connectivity index (χ4n) is 5.51. The van der Waals surface area contributed by atoms with Crippen LogP contribution in [-0.4, -0.2) is 57.7 Å². The van der Waals surface area contributed by atoms with Crippen molar-refractivity contribution in [2.75, 3.05) is 6.54 Å². The normalized spacial score (nSPS) is 22.9. The molecule has 2 aromatic carbocycles. The van der Waals surface area contributed by atoms with Gasteiger partial charge in [0.05, 0.1) is 5.52 Å². The Balaban J connectivity index is 1.52. The largest absolute Gasteiger partial charge is 0.511 e. The summed E-state index contributed by atoms with van der Waals surface area (Å²) in [5.41, 5.74) is -5.43. The predicted octanol–water partition coefficient (Wildman–Crippen LogP) is 3.39. The van der Waals surface area contributed by atoms with Gasteiger partial charge in [-0.05, 0) is 55.9 Å². The highest BCUT2D eigenvalue weighted by Gasteiger charge is 2.50. The molecule has 2 bridgehead atoms. The molecule has 0 aliphatic carbocycles. The fourth-order valence-corrected chi connectivity index (χ4v) is 10.1. The van der Waals surface area contributed by atoms with Crippen LogP contribution in [0.2, 0.25) is 0 Å². The van der Waals surface area contributed by atoms with Gasteiger partial charge in [0.15, 0.2) is 5.03 Å². The van der Waals surface area contributed by atoms with Crippen molar-refractivity contribution in [2.45, 2.75) is 53.2 Å². The third-order valence-electron chi connectivity index (χ3n) is 7.16. The molecule has 0 saturated carbocycles. The Kier molecular flexibility index (Phi) is 6.85. The van der Waals surface area contributed by atoms with Crippen LogP contribution >= 0.6 is 0 Å². The van der Waals surface area contributed by atoms with Crippen LogP contribution in [0.25, 0.3) is 10.9 Å². The van der Waals surface area contributed by atoms with Crippen molar-refractivity contribution >= 4 is 41.0 Å². The maximum absolute atomic E-state index is 14.6. The number of benzene rings is 2. The molecule has 2 unspecified atom stereocenters. The number of fused-ring (bicyclic) bond motifs is 3. The molecule has 5 rings (SSSR count). The SMILES string of the molecule is O=S(=O)(c1cc2ccccc2n1S(=O)(=O)c1ccccc1F)N1C2CCC1CC(CNS(=O)(=O)C(F)(F)F)C2. The zero-order valence-electron chi connectivity index (χ0n) is 20.0. The van der Waals surface area contributed by atoms with Gasteiger partial charge in [0, 0.05) is 24.0 Å². The van der Waals surface area contributed by atoms with Crippen molar-refractivity contribution in [1.29, 1.82) is 0 Å². The molecule has 0 amide bonds. The Morgan fingerprint density at radius 1 is 0.846 bits per heavy atom. The number of alkyl halides is 3. The summed E-state index contributed by atoms with van der Waals surface area (Å²) in [6.45, 7) is -0.509. The molecule has 2 aliphatic rings. The van der Waals surface area contributed by atoms with Gasteiger partial charge < -0.3 is 0 Å². The highest BCUT2D eigenvalue weighted by Crippen LogP contribution is 2.43. The van der Waals surface area contributed by atoms with Gasteiger partial charge in [-0.15, -0.1) is 0 Å². The summed E-state index contributed by atoms with van der Waals surface area (Å²) in [5.74, 6) is -1.61. The number of nitrogens with zero attached hydrogens (tertiary/aromatic N) is 2. The summed E-state index contributed by atoms with van der Waals surface area (Å²) >= 11 is 0. The molecule has 3 aromatic rings. The van der Waals surface area contributed by atoms with Gasteiger partial charge in [-0.25, -0.2) is 38.3 Å². The minimum atomic E-state index is -5.55. The molecular formula is C23H23F4N3O6S3. The molecule has 2 saturated heterocycles. The van der Waals surface area contributed by atoms with Crippen molar-refractivity contribution in [3.63, 3.8) is 0 Å². The van der Waals surface area contributed by atoms with Crippen LogP contribution in [0.5, 0.6) is 0 Å². The molecule has 9 nitrogen and oxygen atoms in total. The van der Waals surface area contributed by atoms with Crippen LogP contribution in [0.3, 0.4) is 0 Å². The lowest BCUT2D eigenvalue weighted by molar-refractivity contribution is -0.0449. The zero-order chi connectivity index (χ0) is 28.4. The van der Waals surface area contributed by atoms with Gasteiger partial charge in [0.2, 0.25) is 0 Å². The molecule has 2 aliphatic heterocycles. The van der Waals surface area contributed by atoms with Crippen LogP contribution in [-0.2, 0) is 30.1 Å². The first kappa shape index (κ1) is 28.0. The van der Waals surface area contributed by atoms with Crippen LogP contribution < -0.4 is 4.72 Å². The molecule has 2 fully saturated rings. The molecule has 3 heterocycles. The first-order chi connectivity index (χ1) is 18.1. The average molecular weight is 610 g/mol. The molecule has 1 N–H and O–H groups in total. The summed E-state index contributed by atoms with van der Waals surface area (Å²) in [4.78, 5) is -0.707. The molecule has 1 aromatic heterocycles. The number of hydrogen-bond acceptors (Lipinski definition) is 6. The van der Waals surface area contributed by atoms with Crippen LogP contribution in [0.4, 0.5) is 17.6 Å². The van der Waals surface area contributed by atoms with Gasteiger partial charge in [-0.2, -0.15) is 17.5 Å². The second-order valence-corrected chi connectivity index (χ2v) is 14.9. The van der Waals surface area contributed by atoms with E-state index in [1.54, 1.807) is 10.8 Å². The number of hydrogen-bond donors (Lipinski definition) is 1. The summed E-state index contributed by atoms with van der Waals surface area (Å²) in [6.07, 6.45) is 0.895. The number of sulfonamides is 2. The molecule has 212 valence electrons. The zero-order valence-corrected chi connectivity index (χ0v) is 22.5. The summed E-state index contributed by atoms with van der Waals surface area (Å²) in [6, 6.07) is 10.5. The Hall–Kier alpha value is -2.53. The second-order valence-electron chi connectivity index (χ2n) is 9.60. The quantitative estimate of drug-likeness (QED) is 0.410. The van der Waals surface area contributed by atoms with E-state index in [0.717, 1.165) is 12.1 Å². The van der Waals surface area contributed by atoms with Crippen molar-refractivity contribution in [1.82, 2.24) is 13.0 Å². The minimum absolute atomic E-state index is 0.0307. The highest BCUT2D eigenvalue weighted by molar-refractivity contribution is 7.92. The number of halogens is 4. The van der Waals surface area contributed by atoms with Gasteiger partial charge in [-0.3, -0.25) is 0 Å². The monoisotopic (exact) mass is 609 g/mol. The Morgan fingerprint density at radius 3 is 2.05 bits per heavy atom. The predicted molar refractivity (Wildman–Crippen MR) is 132 cm³/mol. The van der Waals surface area contributed by atoms with E-state index in [9.17, 15) is 42.8 Å². The van der Waals surface area contributed by atoms with E-state index >= 15 is 0 Å². The van der Waals surface area contributed by atoms with E-state index < -0.39 is 75.9 Å². The van der Waals surface area contributed by atoms with Gasteiger partial charge in [0.25, 0.3) is 20.0 Å². The first-order valence-electron chi connectivity index (χ1n) is 11.8. The number of piperidine rings is 1. The molecule has 0 radical (unpaired) electrons. The number of nitrogens with one attached hydrogen (secondary N) is 1. The molecular weight excluding hydrogens is 586 g/mol. The molecule has 0 spiro atoms. The van der Waals surface area contributed by atoms with Crippen molar-refractivity contribution < 1.29 is 42.8 Å². The van der Waals surface area contributed by atoms with Crippen LogP contribution in [0.15, 0.2) is 64.5 Å². The first-order valence-corrected chi connectivity index (χ1v) is 16.2. The van der Waals surface area contributed by atoms with Crippen LogP contribution in [0.1, 0.15) is 25.7 Å². The van der Waals surface area contributed by atoms with E-state index in [1.165, 1.54) is 40.7 Å². The summed E-state index contributed by atoms with van der Waals surface area (Å²) in [5, 5.41) is -0.292. The van der Waals surface area contributed by atoms with Crippen LogP contribution in [0, 0.1) is 11.7 Å². The third kappa shape index (κ3) is 4.75.